The van der Waals surface area contributed by atoms with Crippen LogP contribution in [0.1, 0.15) is 35.7 Å². The summed E-state index contributed by atoms with van der Waals surface area (Å²) in [6, 6.07) is 12.1. The zero-order valence-electron chi connectivity index (χ0n) is 17.2. The zero-order valence-corrected chi connectivity index (χ0v) is 17.2. The average molecular weight is 427 g/mol. The Labute approximate surface area is 179 Å². The van der Waals surface area contributed by atoms with Gasteiger partial charge in [0.2, 0.25) is 0 Å². The van der Waals surface area contributed by atoms with Gasteiger partial charge in [-0.3, -0.25) is 19.7 Å². The highest BCUT2D eigenvalue weighted by Crippen LogP contribution is 2.16. The molecule has 0 spiro atoms. The molecule has 9 heteroatoms. The van der Waals surface area contributed by atoms with Crippen LogP contribution < -0.4 is 15.4 Å². The minimum atomic E-state index is -0.631. The summed E-state index contributed by atoms with van der Waals surface area (Å²) < 4.78 is 5.57. The molecule has 0 bridgehead atoms. The Balaban J connectivity index is 2.20. The Morgan fingerprint density at radius 3 is 2.58 bits per heavy atom. The maximum atomic E-state index is 12.6. The molecule has 0 unspecified atom stereocenters. The summed E-state index contributed by atoms with van der Waals surface area (Å²) in [5.74, 6) is -0.526. The molecule has 0 saturated heterocycles. The molecule has 2 aromatic carbocycles. The summed E-state index contributed by atoms with van der Waals surface area (Å²) >= 11 is 0. The quantitative estimate of drug-likeness (QED) is 0.219. The Morgan fingerprint density at radius 2 is 1.94 bits per heavy atom. The molecule has 3 N–H and O–H groups in total. The van der Waals surface area contributed by atoms with E-state index in [1.807, 2.05) is 0 Å². The maximum absolute atomic E-state index is 12.6. The van der Waals surface area contributed by atoms with Crippen molar-refractivity contribution >= 4 is 23.6 Å². The van der Waals surface area contributed by atoms with Gasteiger partial charge in [-0.15, -0.1) is 0 Å². The number of aliphatic hydroxyl groups is 1. The van der Waals surface area contributed by atoms with Crippen molar-refractivity contribution < 1.29 is 24.4 Å². The lowest BCUT2D eigenvalue weighted by atomic mass is 10.1. The second-order valence-electron chi connectivity index (χ2n) is 6.57. The number of nitro groups is 1. The van der Waals surface area contributed by atoms with Crippen LogP contribution in [0.25, 0.3) is 6.08 Å². The third kappa shape index (κ3) is 7.56. The van der Waals surface area contributed by atoms with Crippen LogP contribution in [0.4, 0.5) is 5.69 Å². The van der Waals surface area contributed by atoms with E-state index in [9.17, 15) is 19.7 Å². The number of aliphatic hydroxyl groups excluding tert-OH is 1. The number of carbonyl (C=O) groups excluding carboxylic acids is 2. The van der Waals surface area contributed by atoms with Crippen LogP contribution >= 0.6 is 0 Å². The molecule has 2 aromatic rings. The first-order valence-electron chi connectivity index (χ1n) is 9.84. The van der Waals surface area contributed by atoms with Crippen molar-refractivity contribution in [1.29, 1.82) is 0 Å². The van der Waals surface area contributed by atoms with Gasteiger partial charge in [-0.1, -0.05) is 25.5 Å². The van der Waals surface area contributed by atoms with Gasteiger partial charge in [-0.25, -0.2) is 0 Å². The predicted octanol–water partition coefficient (Wildman–Crippen LogP) is 2.65. The second-order valence-corrected chi connectivity index (χ2v) is 6.57. The lowest BCUT2D eigenvalue weighted by molar-refractivity contribution is -0.384. The van der Waals surface area contributed by atoms with Crippen molar-refractivity contribution in [3.63, 3.8) is 0 Å². The van der Waals surface area contributed by atoms with Gasteiger partial charge in [-0.05, 0) is 42.3 Å². The highest BCUT2D eigenvalue weighted by atomic mass is 16.6. The van der Waals surface area contributed by atoms with E-state index in [1.54, 1.807) is 30.3 Å². The monoisotopic (exact) mass is 427 g/mol. The molecule has 2 amide bonds. The number of carbonyl (C=O) groups is 2. The fourth-order valence-electron chi connectivity index (χ4n) is 2.55. The predicted molar refractivity (Wildman–Crippen MR) is 115 cm³/mol. The molecule has 9 nitrogen and oxygen atoms in total. The van der Waals surface area contributed by atoms with E-state index in [0.29, 0.717) is 23.5 Å². The topological polar surface area (TPSA) is 131 Å². The summed E-state index contributed by atoms with van der Waals surface area (Å²) in [5.41, 5.74) is 0.419. The van der Waals surface area contributed by atoms with Gasteiger partial charge in [0, 0.05) is 24.2 Å². The summed E-state index contributed by atoms with van der Waals surface area (Å²) in [6.45, 7) is 2.36. The molecular weight excluding hydrogens is 402 g/mol. The van der Waals surface area contributed by atoms with Gasteiger partial charge in [0.05, 0.1) is 18.1 Å². The van der Waals surface area contributed by atoms with Crippen LogP contribution in [0.15, 0.2) is 54.2 Å². The molecule has 0 atom stereocenters. The number of nitrogens with zero attached hydrogens (tertiary/aromatic N) is 1. The van der Waals surface area contributed by atoms with Crippen molar-refractivity contribution in [1.82, 2.24) is 10.6 Å². The number of unbranched alkanes of at least 4 members (excludes halogenated alkanes) is 1. The van der Waals surface area contributed by atoms with Crippen LogP contribution in [0.2, 0.25) is 0 Å². The smallest absolute Gasteiger partial charge is 0.270 e. The molecule has 0 radical (unpaired) electrons. The molecule has 0 aromatic heterocycles. The number of nitro benzene ring substituents is 1. The Hall–Kier alpha value is -3.72. The Morgan fingerprint density at radius 1 is 1.19 bits per heavy atom. The lowest BCUT2D eigenvalue weighted by Crippen LogP contribution is -2.36. The minimum absolute atomic E-state index is 0.00915. The number of nitrogens with one attached hydrogen (secondary N) is 2. The van der Waals surface area contributed by atoms with Crippen molar-refractivity contribution in [3.8, 4) is 5.75 Å². The van der Waals surface area contributed by atoms with Gasteiger partial charge in [0.15, 0.2) is 0 Å². The number of non-ortho nitro benzene ring substituents is 1. The number of rotatable bonds is 11. The summed E-state index contributed by atoms with van der Waals surface area (Å²) in [7, 11) is 0. The first kappa shape index (κ1) is 23.6. The molecule has 0 aliphatic carbocycles. The molecule has 164 valence electrons. The van der Waals surface area contributed by atoms with E-state index in [2.05, 4.69) is 17.6 Å². The van der Waals surface area contributed by atoms with E-state index < -0.39 is 16.7 Å². The summed E-state index contributed by atoms with van der Waals surface area (Å²) in [5, 5.41) is 24.9. The molecule has 2 rings (SSSR count). The van der Waals surface area contributed by atoms with E-state index in [1.165, 1.54) is 24.3 Å². The van der Waals surface area contributed by atoms with Gasteiger partial charge < -0.3 is 20.5 Å². The van der Waals surface area contributed by atoms with E-state index in [0.717, 1.165) is 12.8 Å². The van der Waals surface area contributed by atoms with E-state index >= 15 is 0 Å². The Bertz CT molecular complexity index is 941. The normalized spacial score (nSPS) is 11.0. The van der Waals surface area contributed by atoms with Crippen LogP contribution in [-0.2, 0) is 4.79 Å². The third-order valence-electron chi connectivity index (χ3n) is 4.17. The van der Waals surface area contributed by atoms with Crippen molar-refractivity contribution in [2.45, 2.75) is 19.8 Å². The summed E-state index contributed by atoms with van der Waals surface area (Å²) in [4.78, 5) is 35.5. The first-order chi connectivity index (χ1) is 14.9. The molecule has 0 aliphatic rings. The average Bonchev–Trinajstić information content (AvgIpc) is 2.77. The van der Waals surface area contributed by atoms with Crippen molar-refractivity contribution in [2.75, 3.05) is 19.8 Å². The number of hydrogen-bond donors (Lipinski definition) is 3. The number of ether oxygens (including phenoxy) is 1. The summed E-state index contributed by atoms with van der Waals surface area (Å²) in [6.07, 6.45) is 3.27. The lowest BCUT2D eigenvalue weighted by Gasteiger charge is -2.11. The highest BCUT2D eigenvalue weighted by molar-refractivity contribution is 6.05. The van der Waals surface area contributed by atoms with Gasteiger partial charge in [0.1, 0.15) is 11.4 Å². The standard InChI is InChI=1S/C22H25N3O6/c1-2-3-13-31-19-9-7-17(8-10-19)21(27)24-20(22(28)23-11-12-26)15-16-5-4-6-18(14-16)25(29)30/h4-10,14-15,26H,2-3,11-13H2,1H3,(H,23,28)(H,24,27)/b20-15+. The third-order valence-corrected chi connectivity index (χ3v) is 4.17. The van der Waals surface area contributed by atoms with Crippen LogP contribution in [-0.4, -0.2) is 41.6 Å². The van der Waals surface area contributed by atoms with Gasteiger partial charge >= 0.3 is 0 Å². The molecule has 0 fully saturated rings. The van der Waals surface area contributed by atoms with Gasteiger partial charge in [-0.2, -0.15) is 0 Å². The number of amides is 2. The fourth-order valence-corrected chi connectivity index (χ4v) is 2.55. The largest absolute Gasteiger partial charge is 0.494 e. The van der Waals surface area contributed by atoms with Gasteiger partial charge in [0.25, 0.3) is 17.5 Å². The van der Waals surface area contributed by atoms with Crippen molar-refractivity contribution in [3.05, 3.63) is 75.5 Å². The SMILES string of the molecule is CCCCOc1ccc(C(=O)N/C(=C/c2cccc([N+](=O)[O-])c2)C(=O)NCCO)cc1. The fraction of sp³-hybridized carbons (Fsp3) is 0.273. The van der Waals surface area contributed by atoms with Crippen LogP contribution in [0, 0.1) is 10.1 Å². The second kappa shape index (κ2) is 12.1. The number of hydrogen-bond acceptors (Lipinski definition) is 6. The minimum Gasteiger partial charge on any atom is -0.494 e. The molecule has 31 heavy (non-hydrogen) atoms. The van der Waals surface area contributed by atoms with Crippen LogP contribution in [0.3, 0.4) is 0 Å². The first-order valence-corrected chi connectivity index (χ1v) is 9.84. The van der Waals surface area contributed by atoms with E-state index in [4.69, 9.17) is 9.84 Å². The van der Waals surface area contributed by atoms with E-state index in [-0.39, 0.29) is 24.5 Å². The van der Waals surface area contributed by atoms with Crippen LogP contribution in [0.5, 0.6) is 5.75 Å². The Kier molecular flexibility index (Phi) is 9.18. The molecule has 0 saturated carbocycles. The maximum Gasteiger partial charge on any atom is 0.270 e. The molecular formula is C22H25N3O6. The number of benzene rings is 2. The zero-order chi connectivity index (χ0) is 22.6. The highest BCUT2D eigenvalue weighted by Gasteiger charge is 2.15. The molecule has 0 heterocycles. The molecule has 0 aliphatic heterocycles. The van der Waals surface area contributed by atoms with Crippen molar-refractivity contribution in [2.24, 2.45) is 0 Å².